The van der Waals surface area contributed by atoms with E-state index >= 15 is 0 Å². The van der Waals surface area contributed by atoms with Crippen molar-refractivity contribution < 1.29 is 42.2 Å². The summed E-state index contributed by atoms with van der Waals surface area (Å²) >= 11 is 0.295. The molecule has 0 amide bonds. The van der Waals surface area contributed by atoms with Gasteiger partial charge < -0.3 is 28.4 Å². The van der Waals surface area contributed by atoms with Crippen molar-refractivity contribution in [3.05, 3.63) is 48.0 Å². The molecule has 2 aromatic rings. The van der Waals surface area contributed by atoms with Crippen LogP contribution in [0.15, 0.2) is 36.9 Å². The number of esters is 2. The Morgan fingerprint density at radius 3 is 1.88 bits per heavy atom. The van der Waals surface area contributed by atoms with Crippen LogP contribution in [0.4, 0.5) is 0 Å². The Kier molecular flexibility index (Phi) is 12.6. The van der Waals surface area contributed by atoms with Gasteiger partial charge in [0.05, 0.1) is 65.2 Å². The third kappa shape index (κ3) is 8.62. The molecule has 2 rings (SSSR count). The van der Waals surface area contributed by atoms with Gasteiger partial charge in [-0.25, -0.2) is 4.21 Å². The predicted octanol–water partition coefficient (Wildman–Crippen LogP) is 3.27. The summed E-state index contributed by atoms with van der Waals surface area (Å²) in [6.45, 7) is 3.70. The van der Waals surface area contributed by atoms with Crippen LogP contribution in [0.1, 0.15) is 24.0 Å². The fourth-order valence-electron chi connectivity index (χ4n) is 2.62. The molecule has 0 saturated heterocycles. The third-order valence-electron chi connectivity index (χ3n) is 4.31. The highest BCUT2D eigenvalue weighted by molar-refractivity contribution is 7.65. The van der Waals surface area contributed by atoms with E-state index in [0.717, 1.165) is 5.56 Å². The fraction of sp³-hybridized carbons (Fsp3) is 0.292. The van der Waals surface area contributed by atoms with Crippen molar-refractivity contribution in [2.75, 3.05) is 35.5 Å². The van der Waals surface area contributed by atoms with Crippen LogP contribution in [0, 0.1) is 0 Å². The van der Waals surface area contributed by atoms with Crippen molar-refractivity contribution in [1.82, 2.24) is 0 Å². The number of ether oxygens (including phenoxy) is 6. The van der Waals surface area contributed by atoms with Gasteiger partial charge in [0.15, 0.2) is 11.5 Å². The molecule has 184 valence electrons. The molecule has 0 N–H and O–H groups in total. The summed E-state index contributed by atoms with van der Waals surface area (Å²) in [5.74, 6) is 1.57. The Balaban J connectivity index is 0.000000362. The van der Waals surface area contributed by atoms with Crippen molar-refractivity contribution in [3.63, 3.8) is 0 Å². The summed E-state index contributed by atoms with van der Waals surface area (Å²) in [5, 5.41) is 1.37. The summed E-state index contributed by atoms with van der Waals surface area (Å²) in [4.78, 5) is 22.5. The van der Waals surface area contributed by atoms with Gasteiger partial charge in [0.1, 0.15) is 17.2 Å². The van der Waals surface area contributed by atoms with Crippen molar-refractivity contribution in [2.24, 2.45) is 0 Å². The monoisotopic (exact) mass is 492 g/mol. The second-order valence-electron chi connectivity index (χ2n) is 6.32. The highest BCUT2D eigenvalue weighted by Crippen LogP contribution is 2.34. The van der Waals surface area contributed by atoms with Gasteiger partial charge in [-0.2, -0.15) is 0 Å². The molecule has 0 aliphatic heterocycles. The highest BCUT2D eigenvalue weighted by Gasteiger charge is 2.13. The fourth-order valence-corrected chi connectivity index (χ4v) is 2.87. The quantitative estimate of drug-likeness (QED) is 0.281. The van der Waals surface area contributed by atoms with Gasteiger partial charge in [-0.15, -0.1) is 0 Å². The van der Waals surface area contributed by atoms with Crippen LogP contribution in [-0.4, -0.2) is 57.1 Å². The average Bonchev–Trinajstić information content (AvgIpc) is 2.86. The molecule has 0 unspecified atom stereocenters. The van der Waals surface area contributed by atoms with Crippen molar-refractivity contribution >= 4 is 34.6 Å². The van der Waals surface area contributed by atoms with E-state index in [0.29, 0.717) is 39.8 Å². The van der Waals surface area contributed by atoms with E-state index < -0.39 is 11.9 Å². The van der Waals surface area contributed by atoms with Gasteiger partial charge >= 0.3 is 11.9 Å². The molecule has 0 saturated carbocycles. The number of hydrogen-bond donors (Lipinski definition) is 0. The molecule has 9 nitrogen and oxygen atoms in total. The Hall–Kier alpha value is -3.79. The molecule has 0 fully saturated rings. The molecule has 2 aromatic carbocycles. The average molecular weight is 493 g/mol. The van der Waals surface area contributed by atoms with Crippen LogP contribution < -0.4 is 23.7 Å². The van der Waals surface area contributed by atoms with E-state index in [9.17, 15) is 13.8 Å². The number of carbonyl (C=O) groups excluding carboxylic acids is 2. The summed E-state index contributed by atoms with van der Waals surface area (Å²) in [5.41, 5.74) is 1.43. The third-order valence-corrected chi connectivity index (χ3v) is 4.68. The summed E-state index contributed by atoms with van der Waals surface area (Å²) in [7, 11) is 7.48. The Labute approximate surface area is 202 Å². The Morgan fingerprint density at radius 2 is 1.41 bits per heavy atom. The molecule has 0 heterocycles. The van der Waals surface area contributed by atoms with Crippen molar-refractivity contribution in [3.8, 4) is 28.7 Å². The van der Waals surface area contributed by atoms with Crippen molar-refractivity contribution in [2.45, 2.75) is 12.8 Å². The van der Waals surface area contributed by atoms with Crippen LogP contribution in [0.5, 0.6) is 28.7 Å². The Morgan fingerprint density at radius 1 is 0.824 bits per heavy atom. The predicted molar refractivity (Wildman–Crippen MR) is 129 cm³/mol. The molecule has 0 bridgehead atoms. The van der Waals surface area contributed by atoms with E-state index in [-0.39, 0.29) is 18.6 Å². The maximum atomic E-state index is 11.6. The second kappa shape index (κ2) is 15.1. The molecule has 0 aromatic heterocycles. The van der Waals surface area contributed by atoms with E-state index in [1.165, 1.54) is 25.7 Å². The second-order valence-corrected chi connectivity index (χ2v) is 6.75. The minimum atomic E-state index is -0.583. The number of hydrogen-bond acceptors (Lipinski definition) is 9. The minimum Gasteiger partial charge on any atom is -0.496 e. The zero-order chi connectivity index (χ0) is 25.5. The number of rotatable bonds is 10. The first-order valence-corrected chi connectivity index (χ1v) is 10.7. The molecule has 34 heavy (non-hydrogen) atoms. The van der Waals surface area contributed by atoms with Gasteiger partial charge in [0, 0.05) is 17.5 Å². The lowest BCUT2D eigenvalue weighted by atomic mass is 10.1. The zero-order valence-corrected chi connectivity index (χ0v) is 20.6. The largest absolute Gasteiger partial charge is 0.496 e. The normalized spacial score (nSPS) is 9.44. The molecule has 0 spiro atoms. The van der Waals surface area contributed by atoms with Crippen LogP contribution in [0.2, 0.25) is 0 Å². The first-order valence-electron chi connectivity index (χ1n) is 9.87. The number of carbonyl (C=O) groups is 2. The van der Waals surface area contributed by atoms with E-state index in [2.05, 4.69) is 11.3 Å². The van der Waals surface area contributed by atoms with E-state index in [1.54, 1.807) is 51.7 Å². The molecular weight excluding hydrogens is 464 g/mol. The van der Waals surface area contributed by atoms with Gasteiger partial charge in [-0.1, -0.05) is 18.7 Å². The zero-order valence-electron chi connectivity index (χ0n) is 19.7. The molecular formula is C24H28O9S. The van der Waals surface area contributed by atoms with Gasteiger partial charge in [-0.05, 0) is 17.7 Å². The topological polar surface area (TPSA) is 107 Å². The number of benzene rings is 2. The van der Waals surface area contributed by atoms with E-state index in [4.69, 9.17) is 23.7 Å². The lowest BCUT2D eigenvalue weighted by molar-refractivity contribution is -0.144. The van der Waals surface area contributed by atoms with Crippen LogP contribution in [0.3, 0.4) is 0 Å². The van der Waals surface area contributed by atoms with Crippen LogP contribution in [-0.2, 0) is 25.6 Å². The first-order chi connectivity index (χ1) is 16.4. The maximum Gasteiger partial charge on any atom is 0.311 e. The highest BCUT2D eigenvalue weighted by atomic mass is 32.1. The molecule has 0 aliphatic rings. The van der Waals surface area contributed by atoms with Crippen molar-refractivity contribution in [1.29, 1.82) is 0 Å². The van der Waals surface area contributed by atoms with Crippen LogP contribution in [0.25, 0.3) is 6.08 Å². The maximum absolute atomic E-state index is 11.6. The SMILES string of the molecule is C=Cc1c(OC)cc(OC)cc1OC.COC(=O)CCC(=O)Oc1cc(C=S=O)ccc1OC. The van der Waals surface area contributed by atoms with E-state index in [1.807, 2.05) is 0 Å². The number of methoxy groups -OCH3 is 5. The summed E-state index contributed by atoms with van der Waals surface area (Å²) in [6, 6.07) is 8.35. The molecule has 0 atom stereocenters. The smallest absolute Gasteiger partial charge is 0.311 e. The van der Waals surface area contributed by atoms with Crippen LogP contribution >= 0.6 is 0 Å². The lowest BCUT2D eigenvalue weighted by Gasteiger charge is -2.11. The first kappa shape index (κ1) is 28.2. The lowest BCUT2D eigenvalue weighted by Crippen LogP contribution is -2.12. The molecule has 10 heteroatoms. The summed E-state index contributed by atoms with van der Waals surface area (Å²) in [6.07, 6.45) is 1.54. The van der Waals surface area contributed by atoms with Gasteiger partial charge in [0.2, 0.25) is 0 Å². The summed E-state index contributed by atoms with van der Waals surface area (Å²) < 4.78 is 40.6. The minimum absolute atomic E-state index is 0.0557. The standard InChI is InChI=1S/C13H14O6S.C11H14O3/c1-17-10-4-3-9(8-20-16)7-11(10)19-13(15)6-5-12(14)18-2;1-5-9-10(13-3)6-8(12-2)7-11(9)14-4/h3-4,7-8H,5-6H2,1-2H3;5-7H,1H2,2-4H3. The van der Waals surface area contributed by atoms with Gasteiger partial charge in [-0.3, -0.25) is 9.59 Å². The Bertz CT molecular complexity index is 1020. The molecule has 0 radical (unpaired) electrons. The van der Waals surface area contributed by atoms with Gasteiger partial charge in [0.25, 0.3) is 0 Å². The molecule has 0 aliphatic carbocycles.